The molecule has 4 radical (unpaired) electrons. The van der Waals surface area contributed by atoms with Crippen molar-refractivity contribution in [2.75, 3.05) is 19.8 Å². The minimum atomic E-state index is -6.00. The van der Waals surface area contributed by atoms with Gasteiger partial charge in [-0.05, 0) is 0 Å². The fourth-order valence-electron chi connectivity index (χ4n) is 0.612. The largest absolute Gasteiger partial charge is 1.00 e. The molecule has 0 N–H and O–H groups in total. The van der Waals surface area contributed by atoms with Gasteiger partial charge in [-0.15, -0.1) is 0 Å². The average molecular weight is 224 g/mol. The van der Waals surface area contributed by atoms with Gasteiger partial charge in [-0.1, -0.05) is 0 Å². The molecule has 80 valence electrons. The van der Waals surface area contributed by atoms with Gasteiger partial charge >= 0.3 is 36.8 Å². The Kier molecular flexibility index (Phi) is 23.8. The van der Waals surface area contributed by atoms with Crippen LogP contribution < -0.4 is 29.6 Å². The second kappa shape index (κ2) is 13.8. The first-order valence-electron chi connectivity index (χ1n) is 3.86. The zero-order valence-electron chi connectivity index (χ0n) is 9.20. The van der Waals surface area contributed by atoms with E-state index in [-0.39, 0.29) is 38.0 Å². The molecule has 0 aliphatic carbocycles. The van der Waals surface area contributed by atoms with Gasteiger partial charge in [-0.2, -0.15) is 0 Å². The van der Waals surface area contributed by atoms with Crippen molar-refractivity contribution in [3.05, 3.63) is 0 Å². The molecule has 0 aliphatic heterocycles. The summed E-state index contributed by atoms with van der Waals surface area (Å²) in [5, 5.41) is 0. The molecule has 0 heterocycles. The summed E-state index contributed by atoms with van der Waals surface area (Å²) in [7, 11) is -6.00. The van der Waals surface area contributed by atoms with Gasteiger partial charge in [-0.3, -0.25) is 0 Å². The predicted molar refractivity (Wildman–Crippen MR) is 48.6 cm³/mol. The fraction of sp³-hybridized carbons (Fsp3) is 1.00. The van der Waals surface area contributed by atoms with Crippen LogP contribution in [0.5, 0.6) is 0 Å². The number of rotatable bonds is 3. The first-order chi connectivity index (χ1) is 5.35. The molecule has 0 saturated heterocycles. The Morgan fingerprint density at radius 3 is 1.00 bits per heavy atom. The van der Waals surface area contributed by atoms with Crippen LogP contribution in [0.25, 0.3) is 0 Å². The van der Waals surface area contributed by atoms with Crippen LogP contribution in [0.3, 0.4) is 0 Å². The van der Waals surface area contributed by atoms with E-state index in [1.165, 1.54) is 0 Å². The Morgan fingerprint density at radius 2 is 1.00 bits per heavy atom. The average Bonchev–Trinajstić information content (AvgIpc) is 1.88. The van der Waals surface area contributed by atoms with Crippen molar-refractivity contribution in [2.45, 2.75) is 20.8 Å². The smallest absolute Gasteiger partial charge is 1.00 e. The fourth-order valence-corrected chi connectivity index (χ4v) is 0.612. The van der Waals surface area contributed by atoms with Gasteiger partial charge in [0.15, 0.2) is 0 Å². The Morgan fingerprint density at radius 1 is 0.857 bits per heavy atom. The van der Waals surface area contributed by atoms with Crippen LogP contribution in [-0.2, 0) is 4.37 Å². The minimum Gasteiger partial charge on any atom is -1.00 e. The van der Waals surface area contributed by atoms with Gasteiger partial charge in [0, 0.05) is 20.8 Å². The third-order valence-corrected chi connectivity index (χ3v) is 1.22. The van der Waals surface area contributed by atoms with E-state index >= 15 is 0 Å². The summed E-state index contributed by atoms with van der Waals surface area (Å²) in [4.78, 5) is 0. The first kappa shape index (κ1) is 24.2. The van der Waals surface area contributed by atoms with Gasteiger partial charge in [0.2, 0.25) is 0 Å². The van der Waals surface area contributed by atoms with E-state index in [2.05, 4.69) is 25.1 Å². The molecule has 0 fully saturated rings. The van der Waals surface area contributed by atoms with Crippen LogP contribution in [0.4, 0.5) is 17.3 Å². The molecule has 0 aromatic heterocycles. The van der Waals surface area contributed by atoms with E-state index in [0.29, 0.717) is 0 Å². The van der Waals surface area contributed by atoms with E-state index in [4.69, 9.17) is 0 Å². The van der Waals surface area contributed by atoms with E-state index in [9.17, 15) is 17.3 Å². The molecule has 0 atom stereocenters. The van der Waals surface area contributed by atoms with Gasteiger partial charge in [-0.25, -0.2) is 0 Å². The molecular formula is C6H15B2F4NaO. The summed E-state index contributed by atoms with van der Waals surface area (Å²) in [5.74, 6) is 0. The van der Waals surface area contributed by atoms with Crippen molar-refractivity contribution in [1.29, 1.82) is 0 Å². The molecule has 0 amide bonds. The molecule has 0 aromatic carbocycles. The Bertz CT molecular complexity index is 88.8. The first-order valence-corrected chi connectivity index (χ1v) is 3.86. The van der Waals surface area contributed by atoms with Crippen molar-refractivity contribution in [3.8, 4) is 0 Å². The van der Waals surface area contributed by atoms with Crippen LogP contribution in [0.15, 0.2) is 0 Å². The Hall–Kier alpha value is 0.810. The van der Waals surface area contributed by atoms with Crippen LogP contribution >= 0.6 is 0 Å². The SMILES string of the molecule is CC[O+](CC)CC.F[B-](F)(F)F.[B-].[Na+]. The van der Waals surface area contributed by atoms with Crippen LogP contribution in [0, 0.1) is 0 Å². The van der Waals surface area contributed by atoms with Crippen molar-refractivity contribution in [3.63, 3.8) is 0 Å². The van der Waals surface area contributed by atoms with Crippen LogP contribution in [0.2, 0.25) is 0 Å². The molecule has 8 heteroatoms. The molecule has 0 aliphatic rings. The predicted octanol–water partition coefficient (Wildman–Crippen LogP) is -0.478. The van der Waals surface area contributed by atoms with Crippen LogP contribution in [0.1, 0.15) is 20.8 Å². The Balaban J connectivity index is -0.0000000651. The maximum absolute atomic E-state index is 9.75. The third kappa shape index (κ3) is 38.5. The van der Waals surface area contributed by atoms with Crippen LogP contribution in [-0.4, -0.2) is 35.5 Å². The topological polar surface area (TPSA) is 2.70 Å². The third-order valence-electron chi connectivity index (χ3n) is 1.22. The summed E-state index contributed by atoms with van der Waals surface area (Å²) >= 11 is 0. The van der Waals surface area contributed by atoms with Crippen molar-refractivity contribution >= 4 is 15.7 Å². The normalized spacial score (nSPS) is 9.43. The van der Waals surface area contributed by atoms with Crippen molar-refractivity contribution in [1.82, 2.24) is 0 Å². The molecule has 0 aromatic rings. The number of halogens is 4. The summed E-state index contributed by atoms with van der Waals surface area (Å²) in [5.41, 5.74) is 0. The van der Waals surface area contributed by atoms with Gasteiger partial charge in [0.05, 0.1) is 0 Å². The summed E-state index contributed by atoms with van der Waals surface area (Å²) in [6.07, 6.45) is 0. The quantitative estimate of drug-likeness (QED) is 0.346. The number of hydrogen-bond acceptors (Lipinski definition) is 0. The molecule has 0 spiro atoms. The molecular weight excluding hydrogens is 209 g/mol. The van der Waals surface area contributed by atoms with Crippen molar-refractivity contribution in [2.24, 2.45) is 0 Å². The second-order valence-corrected chi connectivity index (χ2v) is 1.97. The van der Waals surface area contributed by atoms with Gasteiger partial charge in [0.25, 0.3) is 0 Å². The molecule has 0 unspecified atom stereocenters. The molecule has 0 bridgehead atoms. The standard InChI is InChI=1S/C6H15O.BF4.B.Na/c1-4-7(5-2)6-3;2-1(3,4)5;;/h4-6H2,1-3H3;;;/q+1;2*-1;+1. The molecule has 1 nitrogen and oxygen atoms in total. The Labute approximate surface area is 107 Å². The summed E-state index contributed by atoms with van der Waals surface area (Å²) in [6.45, 7) is 9.76. The van der Waals surface area contributed by atoms with E-state index < -0.39 is 7.25 Å². The van der Waals surface area contributed by atoms with E-state index in [1.54, 1.807) is 0 Å². The summed E-state index contributed by atoms with van der Waals surface area (Å²) in [6, 6.07) is 0. The van der Waals surface area contributed by atoms with E-state index in [1.807, 2.05) is 0 Å². The molecule has 0 saturated carbocycles. The number of hydrogen-bond donors (Lipinski definition) is 0. The van der Waals surface area contributed by atoms with Gasteiger partial charge in [0.1, 0.15) is 19.8 Å². The maximum Gasteiger partial charge on any atom is 1.00 e. The zero-order chi connectivity index (χ0) is 10.2. The molecule has 14 heavy (non-hydrogen) atoms. The monoisotopic (exact) mass is 224 g/mol. The molecule has 0 rings (SSSR count). The zero-order valence-corrected chi connectivity index (χ0v) is 11.2. The second-order valence-electron chi connectivity index (χ2n) is 1.97. The minimum absolute atomic E-state index is 0. The van der Waals surface area contributed by atoms with Gasteiger partial charge < -0.3 is 30.0 Å². The summed E-state index contributed by atoms with van der Waals surface area (Å²) < 4.78 is 42.1. The van der Waals surface area contributed by atoms with Crippen molar-refractivity contribution < 1.29 is 51.2 Å². The van der Waals surface area contributed by atoms with E-state index in [0.717, 1.165) is 19.8 Å². The maximum atomic E-state index is 9.75.